The minimum atomic E-state index is -0.367. The van der Waals surface area contributed by atoms with Gasteiger partial charge in [0, 0.05) is 30.6 Å². The maximum Gasteiger partial charge on any atom is 0.328 e. The van der Waals surface area contributed by atoms with Crippen molar-refractivity contribution >= 4 is 28.7 Å². The summed E-state index contributed by atoms with van der Waals surface area (Å²) in [5.41, 5.74) is 2.55. The Morgan fingerprint density at radius 2 is 2.04 bits per heavy atom. The first kappa shape index (κ1) is 15.1. The van der Waals surface area contributed by atoms with E-state index in [-0.39, 0.29) is 11.9 Å². The number of pyridine rings is 1. The van der Waals surface area contributed by atoms with E-state index in [0.29, 0.717) is 19.0 Å². The van der Waals surface area contributed by atoms with Crippen LogP contribution in [0.3, 0.4) is 0 Å². The van der Waals surface area contributed by atoms with Gasteiger partial charge in [-0.1, -0.05) is 0 Å². The average Bonchev–Trinajstić information content (AvgIpc) is 2.98. The van der Waals surface area contributed by atoms with Gasteiger partial charge in [0.25, 0.3) is 0 Å². The number of carbonyl (C=O) groups is 2. The van der Waals surface area contributed by atoms with Crippen LogP contribution < -0.4 is 15.5 Å². The maximum absolute atomic E-state index is 12.1. The molecule has 2 N–H and O–H groups in total. The van der Waals surface area contributed by atoms with E-state index in [0.717, 1.165) is 48.3 Å². The molecule has 0 aromatic carbocycles. The number of urea groups is 1. The van der Waals surface area contributed by atoms with Crippen molar-refractivity contribution in [1.82, 2.24) is 20.2 Å². The van der Waals surface area contributed by atoms with Gasteiger partial charge in [0.05, 0.1) is 11.4 Å². The zero-order valence-electron chi connectivity index (χ0n) is 13.7. The number of nitrogens with one attached hydrogen (secondary N) is 2. The first-order chi connectivity index (χ1) is 11.6. The van der Waals surface area contributed by atoms with Crippen molar-refractivity contribution in [3.05, 3.63) is 24.0 Å². The minimum absolute atomic E-state index is 0.222. The molecule has 4 rings (SSSR count). The number of hydrogen-bond donors (Lipinski definition) is 2. The Morgan fingerprint density at radius 1 is 1.25 bits per heavy atom. The van der Waals surface area contributed by atoms with E-state index in [4.69, 9.17) is 4.98 Å². The van der Waals surface area contributed by atoms with Gasteiger partial charge in [0.1, 0.15) is 5.65 Å². The van der Waals surface area contributed by atoms with E-state index in [1.807, 2.05) is 13.0 Å². The van der Waals surface area contributed by atoms with Gasteiger partial charge in [-0.25, -0.2) is 9.78 Å². The molecular formula is C17H21N5O2. The van der Waals surface area contributed by atoms with E-state index in [1.165, 1.54) is 0 Å². The van der Waals surface area contributed by atoms with Crippen LogP contribution in [0.25, 0.3) is 11.0 Å². The molecule has 0 unspecified atom stereocenters. The van der Waals surface area contributed by atoms with Crippen LogP contribution >= 0.6 is 0 Å². The van der Waals surface area contributed by atoms with Crippen LogP contribution in [-0.4, -0.2) is 41.1 Å². The number of imide groups is 1. The van der Waals surface area contributed by atoms with Crippen LogP contribution in [0, 0.1) is 6.92 Å². The molecule has 3 amide bonds. The summed E-state index contributed by atoms with van der Waals surface area (Å²) in [6, 6.07) is 4.16. The molecule has 0 spiro atoms. The summed E-state index contributed by atoms with van der Waals surface area (Å²) in [5.74, 6) is -0.222. The van der Waals surface area contributed by atoms with Crippen LogP contribution in [0.4, 0.5) is 10.5 Å². The molecule has 4 heterocycles. The fourth-order valence-electron chi connectivity index (χ4n) is 3.60. The Morgan fingerprint density at radius 3 is 2.79 bits per heavy atom. The first-order valence-corrected chi connectivity index (χ1v) is 8.44. The lowest BCUT2D eigenvalue weighted by Crippen LogP contribution is -2.49. The van der Waals surface area contributed by atoms with Crippen molar-refractivity contribution in [3.8, 4) is 0 Å². The molecule has 7 heteroatoms. The molecule has 0 bridgehead atoms. The minimum Gasteiger partial charge on any atom is -0.329 e. The fourth-order valence-corrected chi connectivity index (χ4v) is 3.60. The van der Waals surface area contributed by atoms with Crippen molar-refractivity contribution in [2.75, 3.05) is 24.5 Å². The number of amides is 3. The Kier molecular flexibility index (Phi) is 3.72. The standard InChI is InChI=1S/C17H21N5O2/c1-11-14(22-9-5-15(23)20-17(22)24)10-12-4-8-21(16(12)19-11)13-2-6-18-7-3-13/h4,8,10,13,18H,2-3,5-7,9H2,1H3,(H,20,23,24). The van der Waals surface area contributed by atoms with Gasteiger partial charge in [-0.2, -0.15) is 0 Å². The molecule has 24 heavy (non-hydrogen) atoms. The Hall–Kier alpha value is -2.41. The van der Waals surface area contributed by atoms with E-state index in [2.05, 4.69) is 27.5 Å². The zero-order chi connectivity index (χ0) is 16.7. The highest BCUT2D eigenvalue weighted by atomic mass is 16.2. The molecule has 0 aliphatic carbocycles. The third-order valence-electron chi connectivity index (χ3n) is 4.90. The number of carbonyl (C=O) groups excluding carboxylic acids is 2. The molecule has 7 nitrogen and oxygen atoms in total. The topological polar surface area (TPSA) is 79.3 Å². The van der Waals surface area contributed by atoms with Gasteiger partial charge in [0.15, 0.2) is 0 Å². The molecule has 2 aromatic heterocycles. The fraction of sp³-hybridized carbons (Fsp3) is 0.471. The van der Waals surface area contributed by atoms with Gasteiger partial charge >= 0.3 is 6.03 Å². The highest BCUT2D eigenvalue weighted by molar-refractivity contribution is 6.06. The molecule has 0 atom stereocenters. The second-order valence-corrected chi connectivity index (χ2v) is 6.46. The predicted molar refractivity (Wildman–Crippen MR) is 91.1 cm³/mol. The first-order valence-electron chi connectivity index (χ1n) is 8.44. The highest BCUT2D eigenvalue weighted by Crippen LogP contribution is 2.29. The van der Waals surface area contributed by atoms with Gasteiger partial charge in [0.2, 0.25) is 5.91 Å². The number of anilines is 1. The number of hydrogen-bond acceptors (Lipinski definition) is 4. The number of piperidine rings is 1. The summed E-state index contributed by atoms with van der Waals surface area (Å²) in [7, 11) is 0. The SMILES string of the molecule is Cc1nc2c(ccn2C2CCNCC2)cc1N1CCC(=O)NC1=O. The van der Waals surface area contributed by atoms with E-state index >= 15 is 0 Å². The lowest BCUT2D eigenvalue weighted by Gasteiger charge is -2.28. The molecular weight excluding hydrogens is 306 g/mol. The lowest BCUT2D eigenvalue weighted by atomic mass is 10.1. The van der Waals surface area contributed by atoms with E-state index in [1.54, 1.807) is 4.90 Å². The van der Waals surface area contributed by atoms with Crippen LogP contribution in [0.15, 0.2) is 18.3 Å². The summed E-state index contributed by atoms with van der Waals surface area (Å²) in [4.78, 5) is 29.8. The van der Waals surface area contributed by atoms with Crippen LogP contribution in [0.2, 0.25) is 0 Å². The summed E-state index contributed by atoms with van der Waals surface area (Å²) >= 11 is 0. The smallest absolute Gasteiger partial charge is 0.328 e. The number of rotatable bonds is 2. The third kappa shape index (κ3) is 2.54. The number of aryl methyl sites for hydroxylation is 1. The lowest BCUT2D eigenvalue weighted by molar-refractivity contribution is -0.120. The van der Waals surface area contributed by atoms with Crippen LogP contribution in [0.5, 0.6) is 0 Å². The summed E-state index contributed by atoms with van der Waals surface area (Å²) in [5, 5.41) is 6.78. The number of aromatic nitrogens is 2. The molecule has 2 saturated heterocycles. The zero-order valence-corrected chi connectivity index (χ0v) is 13.7. The Bertz CT molecular complexity index is 807. The normalized spacial score (nSPS) is 19.8. The van der Waals surface area contributed by atoms with Gasteiger partial charge in [-0.15, -0.1) is 0 Å². The van der Waals surface area contributed by atoms with E-state index in [9.17, 15) is 9.59 Å². The van der Waals surface area contributed by atoms with Crippen molar-refractivity contribution in [3.63, 3.8) is 0 Å². The number of fused-ring (bicyclic) bond motifs is 1. The van der Waals surface area contributed by atoms with Crippen molar-refractivity contribution in [2.24, 2.45) is 0 Å². The molecule has 2 aromatic rings. The van der Waals surface area contributed by atoms with Crippen molar-refractivity contribution in [1.29, 1.82) is 0 Å². The molecule has 126 valence electrons. The van der Waals surface area contributed by atoms with Gasteiger partial charge < -0.3 is 9.88 Å². The van der Waals surface area contributed by atoms with Crippen molar-refractivity contribution in [2.45, 2.75) is 32.2 Å². The largest absolute Gasteiger partial charge is 0.329 e. The molecule has 2 fully saturated rings. The monoisotopic (exact) mass is 327 g/mol. The predicted octanol–water partition coefficient (Wildman–Crippen LogP) is 1.72. The highest BCUT2D eigenvalue weighted by Gasteiger charge is 2.26. The van der Waals surface area contributed by atoms with Crippen LogP contribution in [0.1, 0.15) is 31.0 Å². The Balaban J connectivity index is 1.70. The maximum atomic E-state index is 12.1. The molecule has 2 aliphatic rings. The number of nitrogens with zero attached hydrogens (tertiary/aromatic N) is 3. The summed E-state index contributed by atoms with van der Waals surface area (Å²) in [6.45, 7) is 4.37. The quantitative estimate of drug-likeness (QED) is 0.880. The van der Waals surface area contributed by atoms with Crippen molar-refractivity contribution < 1.29 is 9.59 Å². The van der Waals surface area contributed by atoms with Gasteiger partial charge in [-0.05, 0) is 45.0 Å². The van der Waals surface area contributed by atoms with Crippen LogP contribution in [-0.2, 0) is 4.79 Å². The Labute approximate surface area is 140 Å². The second-order valence-electron chi connectivity index (χ2n) is 6.46. The second kappa shape index (κ2) is 5.90. The average molecular weight is 327 g/mol. The molecule has 2 aliphatic heterocycles. The summed E-state index contributed by atoms with van der Waals surface area (Å²) in [6.07, 6.45) is 4.61. The van der Waals surface area contributed by atoms with E-state index < -0.39 is 0 Å². The van der Waals surface area contributed by atoms with Gasteiger partial charge in [-0.3, -0.25) is 15.0 Å². The summed E-state index contributed by atoms with van der Waals surface area (Å²) < 4.78 is 2.26. The molecule has 0 saturated carbocycles. The third-order valence-corrected chi connectivity index (χ3v) is 4.90. The molecule has 0 radical (unpaired) electrons.